The van der Waals surface area contributed by atoms with Crippen LogP contribution in [-0.4, -0.2) is 24.5 Å². The second kappa shape index (κ2) is 7.78. The van der Waals surface area contributed by atoms with Crippen molar-refractivity contribution in [1.29, 1.82) is 0 Å². The maximum atomic E-state index is 11.5. The molecule has 19 heavy (non-hydrogen) atoms. The second-order valence-corrected chi connectivity index (χ2v) is 5.97. The first-order chi connectivity index (χ1) is 8.97. The minimum atomic E-state index is -0.247. The highest BCUT2D eigenvalue weighted by Gasteiger charge is 2.05. The lowest BCUT2D eigenvalue weighted by Crippen LogP contribution is -2.38. The number of rotatable bonds is 6. The molecule has 0 aliphatic heterocycles. The average Bonchev–Trinajstić information content (AvgIpc) is 2.71. The Morgan fingerprint density at radius 2 is 2.00 bits per heavy atom. The number of thiophene rings is 1. The van der Waals surface area contributed by atoms with E-state index in [4.69, 9.17) is 0 Å². The van der Waals surface area contributed by atoms with Crippen molar-refractivity contribution in [1.82, 2.24) is 16.0 Å². The van der Waals surface area contributed by atoms with Gasteiger partial charge in [0.25, 0.3) is 0 Å². The number of carbonyl (C=O) groups excluding carboxylic acids is 2. The third kappa shape index (κ3) is 6.81. The van der Waals surface area contributed by atoms with E-state index in [1.807, 2.05) is 32.9 Å². The smallest absolute Gasteiger partial charge is 0.315 e. The SMILES string of the molecule is Cc1ccc(CNC(=O)NCCC(=O)NC(C)C)s1. The van der Waals surface area contributed by atoms with E-state index in [1.54, 1.807) is 11.3 Å². The fraction of sp³-hybridized carbons (Fsp3) is 0.538. The normalized spacial score (nSPS) is 10.3. The van der Waals surface area contributed by atoms with Gasteiger partial charge < -0.3 is 16.0 Å². The minimum absolute atomic E-state index is 0.0517. The summed E-state index contributed by atoms with van der Waals surface area (Å²) in [4.78, 5) is 25.2. The summed E-state index contributed by atoms with van der Waals surface area (Å²) in [6.07, 6.45) is 0.295. The molecule has 1 aromatic heterocycles. The van der Waals surface area contributed by atoms with Crippen LogP contribution in [0.2, 0.25) is 0 Å². The highest BCUT2D eigenvalue weighted by Crippen LogP contribution is 2.14. The van der Waals surface area contributed by atoms with Crippen molar-refractivity contribution in [2.24, 2.45) is 0 Å². The van der Waals surface area contributed by atoms with Gasteiger partial charge >= 0.3 is 6.03 Å². The molecule has 0 aliphatic carbocycles. The minimum Gasteiger partial charge on any atom is -0.354 e. The van der Waals surface area contributed by atoms with E-state index >= 15 is 0 Å². The van der Waals surface area contributed by atoms with Crippen LogP contribution in [0.3, 0.4) is 0 Å². The monoisotopic (exact) mass is 283 g/mol. The molecule has 0 saturated carbocycles. The first-order valence-corrected chi connectivity index (χ1v) is 7.15. The van der Waals surface area contributed by atoms with Crippen LogP contribution in [0.15, 0.2) is 12.1 Å². The van der Waals surface area contributed by atoms with E-state index in [9.17, 15) is 9.59 Å². The first kappa shape index (κ1) is 15.5. The van der Waals surface area contributed by atoms with Gasteiger partial charge in [0.05, 0.1) is 6.54 Å². The molecule has 0 radical (unpaired) electrons. The third-order valence-corrected chi connectivity index (χ3v) is 3.31. The highest BCUT2D eigenvalue weighted by atomic mass is 32.1. The molecular formula is C13H21N3O2S. The summed E-state index contributed by atoms with van der Waals surface area (Å²) in [7, 11) is 0. The molecule has 3 amide bonds. The van der Waals surface area contributed by atoms with Gasteiger partial charge in [-0.1, -0.05) is 0 Å². The number of nitrogens with one attached hydrogen (secondary N) is 3. The molecule has 3 N–H and O–H groups in total. The standard InChI is InChI=1S/C13H21N3O2S/c1-9(2)16-12(17)6-7-14-13(18)15-8-11-5-4-10(3)19-11/h4-5,9H,6-8H2,1-3H3,(H,16,17)(H2,14,15,18). The zero-order valence-corrected chi connectivity index (χ0v) is 12.4. The zero-order valence-electron chi connectivity index (χ0n) is 11.6. The molecule has 6 heteroatoms. The number of urea groups is 1. The zero-order chi connectivity index (χ0) is 14.3. The molecule has 0 atom stereocenters. The summed E-state index contributed by atoms with van der Waals surface area (Å²) in [6.45, 7) is 6.69. The molecule has 0 fully saturated rings. The van der Waals surface area contributed by atoms with Gasteiger partial charge in [-0.3, -0.25) is 4.79 Å². The van der Waals surface area contributed by atoms with Crippen molar-refractivity contribution in [3.8, 4) is 0 Å². The van der Waals surface area contributed by atoms with E-state index in [1.165, 1.54) is 4.88 Å². The molecule has 0 spiro atoms. The van der Waals surface area contributed by atoms with Crippen molar-refractivity contribution < 1.29 is 9.59 Å². The first-order valence-electron chi connectivity index (χ1n) is 6.33. The van der Waals surface area contributed by atoms with Gasteiger partial charge in [-0.05, 0) is 32.9 Å². The van der Waals surface area contributed by atoms with Gasteiger partial charge in [0.2, 0.25) is 5.91 Å². The van der Waals surface area contributed by atoms with Crippen LogP contribution in [0.1, 0.15) is 30.0 Å². The third-order valence-electron chi connectivity index (χ3n) is 2.31. The summed E-state index contributed by atoms with van der Waals surface area (Å²) < 4.78 is 0. The maximum Gasteiger partial charge on any atom is 0.315 e. The Hall–Kier alpha value is -1.56. The Labute approximate surface area is 117 Å². The number of carbonyl (C=O) groups is 2. The molecule has 0 unspecified atom stereocenters. The molecule has 0 saturated heterocycles. The molecule has 0 aromatic carbocycles. The van der Waals surface area contributed by atoms with Crippen LogP contribution >= 0.6 is 11.3 Å². The maximum absolute atomic E-state index is 11.5. The van der Waals surface area contributed by atoms with Crippen LogP contribution in [0, 0.1) is 6.92 Å². The summed E-state index contributed by atoms with van der Waals surface area (Å²) in [5.74, 6) is -0.0517. The molecule has 5 nitrogen and oxygen atoms in total. The number of amides is 3. The number of hydrogen-bond donors (Lipinski definition) is 3. The quantitative estimate of drug-likeness (QED) is 0.744. The predicted molar refractivity (Wildman–Crippen MR) is 77.2 cm³/mol. The van der Waals surface area contributed by atoms with Gasteiger partial charge in [-0.2, -0.15) is 0 Å². The summed E-state index contributed by atoms with van der Waals surface area (Å²) in [6, 6.07) is 3.90. The Morgan fingerprint density at radius 3 is 2.58 bits per heavy atom. The second-order valence-electron chi connectivity index (χ2n) is 4.59. The van der Waals surface area contributed by atoms with E-state index in [0.29, 0.717) is 19.5 Å². The van der Waals surface area contributed by atoms with Crippen molar-refractivity contribution in [2.45, 2.75) is 39.8 Å². The number of hydrogen-bond acceptors (Lipinski definition) is 3. The van der Waals surface area contributed by atoms with Crippen LogP contribution in [0.4, 0.5) is 4.79 Å². The summed E-state index contributed by atoms with van der Waals surface area (Å²) in [5, 5.41) is 8.18. The molecule has 1 aromatic rings. The fourth-order valence-electron chi connectivity index (χ4n) is 1.49. The lowest BCUT2D eigenvalue weighted by Gasteiger charge is -2.09. The van der Waals surface area contributed by atoms with Crippen molar-refractivity contribution in [3.63, 3.8) is 0 Å². The van der Waals surface area contributed by atoms with E-state index < -0.39 is 0 Å². The summed E-state index contributed by atoms with van der Waals surface area (Å²) >= 11 is 1.66. The summed E-state index contributed by atoms with van der Waals surface area (Å²) in [5.41, 5.74) is 0. The number of aryl methyl sites for hydroxylation is 1. The Morgan fingerprint density at radius 1 is 1.26 bits per heavy atom. The average molecular weight is 283 g/mol. The van der Waals surface area contributed by atoms with Gasteiger partial charge in [0, 0.05) is 28.8 Å². The van der Waals surface area contributed by atoms with Crippen molar-refractivity contribution in [2.75, 3.05) is 6.54 Å². The molecule has 106 valence electrons. The fourth-order valence-corrected chi connectivity index (χ4v) is 2.32. The van der Waals surface area contributed by atoms with Crippen LogP contribution in [0.5, 0.6) is 0 Å². The molecule has 1 rings (SSSR count). The molecule has 1 heterocycles. The Bertz CT molecular complexity index is 429. The Balaban J connectivity index is 2.13. The topological polar surface area (TPSA) is 70.2 Å². The predicted octanol–water partition coefficient (Wildman–Crippen LogP) is 1.77. The molecular weight excluding hydrogens is 262 g/mol. The van der Waals surface area contributed by atoms with Crippen LogP contribution in [-0.2, 0) is 11.3 Å². The van der Waals surface area contributed by atoms with E-state index in [-0.39, 0.29) is 18.0 Å². The van der Waals surface area contributed by atoms with E-state index in [0.717, 1.165) is 4.88 Å². The highest BCUT2D eigenvalue weighted by molar-refractivity contribution is 7.11. The van der Waals surface area contributed by atoms with Crippen molar-refractivity contribution >= 4 is 23.3 Å². The molecule has 0 bridgehead atoms. The lowest BCUT2D eigenvalue weighted by molar-refractivity contribution is -0.121. The van der Waals surface area contributed by atoms with Crippen LogP contribution in [0.25, 0.3) is 0 Å². The Kier molecular flexibility index (Phi) is 6.35. The van der Waals surface area contributed by atoms with Gasteiger partial charge in [0.15, 0.2) is 0 Å². The van der Waals surface area contributed by atoms with Gasteiger partial charge in [0.1, 0.15) is 0 Å². The van der Waals surface area contributed by atoms with E-state index in [2.05, 4.69) is 16.0 Å². The van der Waals surface area contributed by atoms with Gasteiger partial charge in [-0.25, -0.2) is 4.79 Å². The molecule has 0 aliphatic rings. The van der Waals surface area contributed by atoms with Gasteiger partial charge in [-0.15, -0.1) is 11.3 Å². The van der Waals surface area contributed by atoms with Crippen LogP contribution < -0.4 is 16.0 Å². The van der Waals surface area contributed by atoms with Crippen molar-refractivity contribution in [3.05, 3.63) is 21.9 Å². The largest absolute Gasteiger partial charge is 0.354 e. The lowest BCUT2D eigenvalue weighted by atomic mass is 10.3.